The second-order valence-corrected chi connectivity index (χ2v) is 5.43. The van der Waals surface area contributed by atoms with Crippen LogP contribution in [0.2, 0.25) is 0 Å². The van der Waals surface area contributed by atoms with Crippen LogP contribution in [0.4, 0.5) is 0 Å². The van der Waals surface area contributed by atoms with Crippen LogP contribution in [-0.2, 0) is 9.53 Å². The van der Waals surface area contributed by atoms with Crippen LogP contribution < -0.4 is 5.32 Å². The van der Waals surface area contributed by atoms with E-state index >= 15 is 0 Å². The molecule has 1 fully saturated rings. The van der Waals surface area contributed by atoms with Gasteiger partial charge in [0.05, 0.1) is 12.5 Å². The highest BCUT2D eigenvalue weighted by atomic mass is 32.2. The highest BCUT2D eigenvalue weighted by Crippen LogP contribution is 2.39. The molecule has 74 valence electrons. The number of rotatable bonds is 2. The van der Waals surface area contributed by atoms with Crippen molar-refractivity contribution in [3.05, 3.63) is 6.92 Å². The van der Waals surface area contributed by atoms with E-state index in [0.717, 1.165) is 0 Å². The fraction of sp³-hybridized carbons (Fsp3) is 0.778. The Labute approximate surface area is 83.6 Å². The van der Waals surface area contributed by atoms with Crippen LogP contribution in [0.1, 0.15) is 20.3 Å². The van der Waals surface area contributed by atoms with Crippen LogP contribution in [-0.4, -0.2) is 29.2 Å². The summed E-state index contributed by atoms with van der Waals surface area (Å²) in [4.78, 5) is 11.4. The first-order valence-corrected chi connectivity index (χ1v) is 5.11. The monoisotopic (exact) mass is 201 g/mol. The normalized spacial score (nSPS) is 31.7. The molecule has 0 bridgehead atoms. The van der Waals surface area contributed by atoms with Crippen LogP contribution in [0.5, 0.6) is 0 Å². The third kappa shape index (κ3) is 2.17. The largest absolute Gasteiger partial charge is 0.468 e. The Bertz CT molecular complexity index is 206. The van der Waals surface area contributed by atoms with Crippen LogP contribution >= 0.6 is 11.8 Å². The summed E-state index contributed by atoms with van der Waals surface area (Å²) in [5, 5.41) is 3.30. The minimum atomic E-state index is -0.254. The molecule has 2 radical (unpaired) electrons. The van der Waals surface area contributed by atoms with Gasteiger partial charge in [-0.25, -0.2) is 0 Å². The Morgan fingerprint density at radius 2 is 2.31 bits per heavy atom. The molecule has 2 unspecified atom stereocenters. The van der Waals surface area contributed by atoms with Gasteiger partial charge in [0.25, 0.3) is 0 Å². The number of carbonyl (C=O) groups is 1. The first-order valence-electron chi connectivity index (χ1n) is 4.23. The lowest BCUT2D eigenvalue weighted by atomic mass is 10.0. The maximum Gasteiger partial charge on any atom is 0.324 e. The SMILES string of the molecule is [CH]CC1NC(C(=O)OC)C(C)(C)S1. The van der Waals surface area contributed by atoms with E-state index in [2.05, 4.69) is 5.32 Å². The standard InChI is InChI=1S/C9H15NO2S/c1-5-6-10-7(8(11)12-4)9(2,3)13-6/h1,6-7,10H,5H2,2-4H3. The van der Waals surface area contributed by atoms with Gasteiger partial charge in [-0.2, -0.15) is 0 Å². The third-order valence-electron chi connectivity index (χ3n) is 2.14. The van der Waals surface area contributed by atoms with Gasteiger partial charge in [0.1, 0.15) is 6.04 Å². The summed E-state index contributed by atoms with van der Waals surface area (Å²) < 4.78 is 4.57. The summed E-state index contributed by atoms with van der Waals surface area (Å²) in [5.41, 5.74) is 0. The van der Waals surface area contributed by atoms with Crippen molar-refractivity contribution >= 4 is 17.7 Å². The lowest BCUT2D eigenvalue weighted by Gasteiger charge is -2.22. The molecule has 0 aliphatic carbocycles. The number of ether oxygens (including phenoxy) is 1. The van der Waals surface area contributed by atoms with Crippen LogP contribution in [0, 0.1) is 6.92 Å². The first-order chi connectivity index (χ1) is 6.01. The molecular formula is C9H15NO2S. The van der Waals surface area contributed by atoms with E-state index in [0.29, 0.717) is 6.42 Å². The van der Waals surface area contributed by atoms with E-state index < -0.39 is 0 Å². The molecule has 0 aromatic rings. The molecular weight excluding hydrogens is 186 g/mol. The van der Waals surface area contributed by atoms with Crippen molar-refractivity contribution in [1.82, 2.24) is 5.32 Å². The smallest absolute Gasteiger partial charge is 0.324 e. The molecule has 1 saturated heterocycles. The minimum Gasteiger partial charge on any atom is -0.468 e. The summed E-state index contributed by atoms with van der Waals surface area (Å²) in [6.07, 6.45) is 0.529. The van der Waals surface area contributed by atoms with Gasteiger partial charge >= 0.3 is 5.97 Å². The molecule has 1 heterocycles. The molecule has 2 atom stereocenters. The summed E-state index contributed by atoms with van der Waals surface area (Å²) in [5.74, 6) is -0.214. The van der Waals surface area contributed by atoms with Crippen LogP contribution in [0.25, 0.3) is 0 Å². The number of hydrogen-bond donors (Lipinski definition) is 1. The summed E-state index contributed by atoms with van der Waals surface area (Å²) >= 11 is 1.68. The zero-order valence-corrected chi connectivity index (χ0v) is 8.98. The van der Waals surface area contributed by atoms with E-state index in [4.69, 9.17) is 11.7 Å². The van der Waals surface area contributed by atoms with Gasteiger partial charge in [0.15, 0.2) is 0 Å². The minimum absolute atomic E-state index is 0.142. The van der Waals surface area contributed by atoms with Crippen LogP contribution in [0.3, 0.4) is 0 Å². The summed E-state index contributed by atoms with van der Waals surface area (Å²) in [7, 11) is 1.40. The van der Waals surface area contributed by atoms with Crippen molar-refractivity contribution in [3.8, 4) is 0 Å². The molecule has 0 aromatic heterocycles. The van der Waals surface area contributed by atoms with Crippen molar-refractivity contribution in [2.24, 2.45) is 0 Å². The van der Waals surface area contributed by atoms with Gasteiger partial charge in [-0.15, -0.1) is 11.8 Å². The van der Waals surface area contributed by atoms with E-state index in [-0.39, 0.29) is 22.1 Å². The van der Waals surface area contributed by atoms with Gasteiger partial charge in [0, 0.05) is 4.75 Å². The zero-order chi connectivity index (χ0) is 10.1. The quantitative estimate of drug-likeness (QED) is 0.678. The molecule has 0 saturated carbocycles. The molecule has 3 nitrogen and oxygen atoms in total. The maximum absolute atomic E-state index is 11.4. The second-order valence-electron chi connectivity index (χ2n) is 3.57. The molecule has 0 spiro atoms. The Balaban J connectivity index is 2.69. The van der Waals surface area contributed by atoms with Gasteiger partial charge < -0.3 is 4.74 Å². The topological polar surface area (TPSA) is 38.3 Å². The number of hydrogen-bond acceptors (Lipinski definition) is 4. The second kappa shape index (κ2) is 3.88. The number of esters is 1. The van der Waals surface area contributed by atoms with E-state index in [1.165, 1.54) is 7.11 Å². The zero-order valence-electron chi connectivity index (χ0n) is 8.16. The fourth-order valence-electron chi connectivity index (χ4n) is 1.44. The molecule has 0 amide bonds. The number of methoxy groups -OCH3 is 1. The van der Waals surface area contributed by atoms with Crippen molar-refractivity contribution < 1.29 is 9.53 Å². The van der Waals surface area contributed by atoms with E-state index in [1.54, 1.807) is 11.8 Å². The highest BCUT2D eigenvalue weighted by molar-refractivity contribution is 8.01. The average molecular weight is 201 g/mol. The molecule has 1 N–H and O–H groups in total. The van der Waals surface area contributed by atoms with E-state index in [9.17, 15) is 4.79 Å². The van der Waals surface area contributed by atoms with E-state index in [1.807, 2.05) is 13.8 Å². The van der Waals surface area contributed by atoms with Gasteiger partial charge in [-0.05, 0) is 27.2 Å². The lowest BCUT2D eigenvalue weighted by molar-refractivity contribution is -0.143. The predicted octanol–water partition coefficient (Wildman–Crippen LogP) is 1.07. The molecule has 4 heteroatoms. The van der Waals surface area contributed by atoms with Crippen molar-refractivity contribution in [2.75, 3.05) is 7.11 Å². The highest BCUT2D eigenvalue weighted by Gasteiger charge is 2.44. The molecule has 13 heavy (non-hydrogen) atoms. The molecule has 1 rings (SSSR count). The summed E-state index contributed by atoms with van der Waals surface area (Å²) in [6.45, 7) is 9.55. The third-order valence-corrected chi connectivity index (χ3v) is 3.60. The van der Waals surface area contributed by atoms with Crippen molar-refractivity contribution in [3.63, 3.8) is 0 Å². The van der Waals surface area contributed by atoms with Gasteiger partial charge in [-0.1, -0.05) is 0 Å². The van der Waals surface area contributed by atoms with Gasteiger partial charge in [-0.3, -0.25) is 10.1 Å². The molecule has 0 aromatic carbocycles. The number of thioether (sulfide) groups is 1. The Hall–Kier alpha value is -0.220. The fourth-order valence-corrected chi connectivity index (χ4v) is 2.78. The number of carbonyl (C=O) groups excluding carboxylic acids is 1. The summed E-state index contributed by atoms with van der Waals surface area (Å²) in [6, 6.07) is -0.254. The lowest BCUT2D eigenvalue weighted by Crippen LogP contribution is -2.45. The van der Waals surface area contributed by atoms with Crippen molar-refractivity contribution in [1.29, 1.82) is 0 Å². The Morgan fingerprint density at radius 3 is 2.69 bits per heavy atom. The first kappa shape index (κ1) is 10.9. The average Bonchev–Trinajstić information content (AvgIpc) is 2.39. The maximum atomic E-state index is 11.4. The van der Waals surface area contributed by atoms with Crippen molar-refractivity contribution in [2.45, 2.75) is 36.4 Å². The Kier molecular flexibility index (Phi) is 3.24. The molecule has 1 aliphatic rings. The number of nitrogens with one attached hydrogen (secondary N) is 1. The molecule has 1 aliphatic heterocycles. The van der Waals surface area contributed by atoms with Crippen LogP contribution in [0.15, 0.2) is 0 Å². The van der Waals surface area contributed by atoms with Gasteiger partial charge in [0.2, 0.25) is 0 Å². The predicted molar refractivity (Wildman–Crippen MR) is 53.3 cm³/mol. The Morgan fingerprint density at radius 1 is 1.69 bits per heavy atom.